The standard InChI is InChI=1S/C21H25N3O4S2/c1-16-9-13-19(14-10-16)30(27,28)24-20-8-5-6-17-11-12-18(23-21(17)20)7-3-4-15-22-29(2,25)26/h5-6,8-14,22,24H,3-4,7,15H2,1-2H3. The van der Waals surface area contributed by atoms with Gasteiger partial charge >= 0.3 is 0 Å². The Morgan fingerprint density at radius 3 is 2.33 bits per heavy atom. The van der Waals surface area contributed by atoms with Gasteiger partial charge in [0, 0.05) is 17.6 Å². The maximum Gasteiger partial charge on any atom is 0.261 e. The first-order chi connectivity index (χ1) is 14.1. The summed E-state index contributed by atoms with van der Waals surface area (Å²) in [7, 11) is -6.91. The second kappa shape index (κ2) is 9.11. The van der Waals surface area contributed by atoms with Gasteiger partial charge in [0.1, 0.15) is 0 Å². The molecule has 1 aromatic heterocycles. The monoisotopic (exact) mass is 447 g/mol. The molecular formula is C21H25N3O4S2. The molecule has 0 atom stereocenters. The van der Waals surface area contributed by atoms with Crippen molar-refractivity contribution in [2.75, 3.05) is 17.5 Å². The van der Waals surface area contributed by atoms with E-state index in [1.807, 2.05) is 25.1 Å². The fraction of sp³-hybridized carbons (Fsp3) is 0.286. The number of anilines is 1. The lowest BCUT2D eigenvalue weighted by Crippen LogP contribution is -2.22. The molecule has 0 aliphatic heterocycles. The van der Waals surface area contributed by atoms with Gasteiger partial charge in [0.15, 0.2) is 0 Å². The Morgan fingerprint density at radius 2 is 1.63 bits per heavy atom. The molecule has 0 unspecified atom stereocenters. The van der Waals surface area contributed by atoms with Crippen LogP contribution in [0.2, 0.25) is 0 Å². The summed E-state index contributed by atoms with van der Waals surface area (Å²) in [6.45, 7) is 2.28. The van der Waals surface area contributed by atoms with E-state index >= 15 is 0 Å². The van der Waals surface area contributed by atoms with E-state index < -0.39 is 20.0 Å². The predicted molar refractivity (Wildman–Crippen MR) is 120 cm³/mol. The second-order valence-electron chi connectivity index (χ2n) is 7.22. The maximum absolute atomic E-state index is 12.8. The normalized spacial score (nSPS) is 12.2. The van der Waals surface area contributed by atoms with Crippen LogP contribution in [-0.4, -0.2) is 34.6 Å². The summed E-state index contributed by atoms with van der Waals surface area (Å²) >= 11 is 0. The summed E-state index contributed by atoms with van der Waals surface area (Å²) in [6, 6.07) is 15.8. The molecule has 0 aliphatic carbocycles. The van der Waals surface area contributed by atoms with Crippen molar-refractivity contribution < 1.29 is 16.8 Å². The molecule has 9 heteroatoms. The highest BCUT2D eigenvalue weighted by atomic mass is 32.2. The first-order valence-corrected chi connectivity index (χ1v) is 12.9. The van der Waals surface area contributed by atoms with E-state index in [1.54, 1.807) is 36.4 Å². The molecule has 2 N–H and O–H groups in total. The molecule has 0 fully saturated rings. The quantitative estimate of drug-likeness (QED) is 0.490. The van der Waals surface area contributed by atoms with Gasteiger partial charge in [0.25, 0.3) is 10.0 Å². The molecule has 160 valence electrons. The molecule has 0 aliphatic rings. The minimum absolute atomic E-state index is 0.194. The van der Waals surface area contributed by atoms with Gasteiger partial charge in [0.05, 0.1) is 22.4 Å². The molecule has 3 aromatic rings. The lowest BCUT2D eigenvalue weighted by Gasteiger charge is -2.11. The van der Waals surface area contributed by atoms with E-state index in [4.69, 9.17) is 0 Å². The number of para-hydroxylation sites is 1. The van der Waals surface area contributed by atoms with Crippen LogP contribution in [0.4, 0.5) is 5.69 Å². The number of fused-ring (bicyclic) bond motifs is 1. The van der Waals surface area contributed by atoms with Crippen LogP contribution in [0.5, 0.6) is 0 Å². The number of aryl methyl sites for hydroxylation is 2. The van der Waals surface area contributed by atoms with E-state index in [1.165, 1.54) is 0 Å². The fourth-order valence-electron chi connectivity index (χ4n) is 3.02. The molecule has 2 aromatic carbocycles. The number of nitrogens with one attached hydrogen (secondary N) is 2. The van der Waals surface area contributed by atoms with Crippen molar-refractivity contribution in [3.63, 3.8) is 0 Å². The zero-order chi connectivity index (χ0) is 21.8. The van der Waals surface area contributed by atoms with Crippen molar-refractivity contribution >= 4 is 36.6 Å². The third-order valence-electron chi connectivity index (χ3n) is 4.58. The van der Waals surface area contributed by atoms with Gasteiger partial charge in [-0.1, -0.05) is 35.9 Å². The summed E-state index contributed by atoms with van der Waals surface area (Å²) in [4.78, 5) is 4.84. The highest BCUT2D eigenvalue weighted by Gasteiger charge is 2.16. The second-order valence-corrected chi connectivity index (χ2v) is 10.7. The number of unbranched alkanes of at least 4 members (excludes halogenated alkanes) is 1. The Bertz CT molecular complexity index is 1240. The average Bonchev–Trinajstić information content (AvgIpc) is 2.67. The third-order valence-corrected chi connectivity index (χ3v) is 6.69. The zero-order valence-electron chi connectivity index (χ0n) is 16.9. The maximum atomic E-state index is 12.8. The summed E-state index contributed by atoms with van der Waals surface area (Å²) in [5.74, 6) is 0. The van der Waals surface area contributed by atoms with Gasteiger partial charge in [0.2, 0.25) is 10.0 Å². The molecule has 0 saturated carbocycles. The summed E-state index contributed by atoms with van der Waals surface area (Å²) < 4.78 is 52.9. The number of nitrogens with zero attached hydrogens (tertiary/aromatic N) is 1. The van der Waals surface area contributed by atoms with Crippen molar-refractivity contribution in [3.8, 4) is 0 Å². The predicted octanol–water partition coefficient (Wildman–Crippen LogP) is 3.22. The lowest BCUT2D eigenvalue weighted by molar-refractivity contribution is 0.582. The van der Waals surface area contributed by atoms with Crippen molar-refractivity contribution in [3.05, 3.63) is 65.9 Å². The number of sulfonamides is 2. The number of benzene rings is 2. The van der Waals surface area contributed by atoms with E-state index in [0.717, 1.165) is 29.3 Å². The zero-order valence-corrected chi connectivity index (χ0v) is 18.6. The van der Waals surface area contributed by atoms with Crippen molar-refractivity contribution in [2.24, 2.45) is 0 Å². The van der Waals surface area contributed by atoms with Crippen molar-refractivity contribution in [1.82, 2.24) is 9.71 Å². The average molecular weight is 448 g/mol. The van der Waals surface area contributed by atoms with Gasteiger partial charge in [-0.3, -0.25) is 9.71 Å². The van der Waals surface area contributed by atoms with Gasteiger partial charge in [-0.05, 0) is 50.5 Å². The SMILES string of the molecule is Cc1ccc(S(=O)(=O)Nc2cccc3ccc(CCCCNS(C)(=O)=O)nc23)cc1. The molecule has 0 bridgehead atoms. The molecule has 0 spiro atoms. The molecule has 3 rings (SSSR count). The molecular weight excluding hydrogens is 422 g/mol. The Hall–Kier alpha value is -2.49. The smallest absolute Gasteiger partial charge is 0.261 e. The summed E-state index contributed by atoms with van der Waals surface area (Å²) in [6.07, 6.45) is 3.25. The molecule has 1 heterocycles. The molecule has 7 nitrogen and oxygen atoms in total. The molecule has 0 saturated heterocycles. The van der Waals surface area contributed by atoms with Crippen molar-refractivity contribution in [2.45, 2.75) is 31.1 Å². The topological polar surface area (TPSA) is 105 Å². The van der Waals surface area contributed by atoms with Crippen LogP contribution < -0.4 is 9.44 Å². The van der Waals surface area contributed by atoms with Gasteiger partial charge in [-0.2, -0.15) is 0 Å². The van der Waals surface area contributed by atoms with E-state index in [2.05, 4.69) is 14.4 Å². The van der Waals surface area contributed by atoms with Crippen molar-refractivity contribution in [1.29, 1.82) is 0 Å². The van der Waals surface area contributed by atoms with Crippen LogP contribution in [0.15, 0.2) is 59.5 Å². The van der Waals surface area contributed by atoms with E-state index in [9.17, 15) is 16.8 Å². The van der Waals surface area contributed by atoms with Crippen LogP contribution in [-0.2, 0) is 26.5 Å². The van der Waals surface area contributed by atoms with E-state index in [-0.39, 0.29) is 4.90 Å². The Morgan fingerprint density at radius 1 is 0.900 bits per heavy atom. The number of pyridine rings is 1. The molecule has 0 radical (unpaired) electrons. The number of hydrogen-bond acceptors (Lipinski definition) is 5. The first-order valence-electron chi connectivity index (χ1n) is 9.57. The fourth-order valence-corrected chi connectivity index (χ4v) is 4.60. The lowest BCUT2D eigenvalue weighted by atomic mass is 10.1. The summed E-state index contributed by atoms with van der Waals surface area (Å²) in [5, 5.41) is 0.835. The first kappa shape index (κ1) is 22.2. The number of aromatic nitrogens is 1. The summed E-state index contributed by atoms with van der Waals surface area (Å²) in [5.41, 5.74) is 2.81. The Balaban J connectivity index is 1.77. The van der Waals surface area contributed by atoms with Crippen LogP contribution in [0.1, 0.15) is 24.1 Å². The number of hydrogen-bond donors (Lipinski definition) is 2. The van der Waals surface area contributed by atoms with Crippen LogP contribution >= 0.6 is 0 Å². The van der Waals surface area contributed by atoms with Gasteiger partial charge < -0.3 is 0 Å². The van der Waals surface area contributed by atoms with Crippen LogP contribution in [0.3, 0.4) is 0 Å². The minimum atomic E-state index is -3.73. The third kappa shape index (κ3) is 6.01. The molecule has 30 heavy (non-hydrogen) atoms. The highest BCUT2D eigenvalue weighted by molar-refractivity contribution is 7.92. The van der Waals surface area contributed by atoms with Crippen LogP contribution in [0, 0.1) is 6.92 Å². The Kier molecular flexibility index (Phi) is 6.74. The highest BCUT2D eigenvalue weighted by Crippen LogP contribution is 2.25. The van der Waals surface area contributed by atoms with E-state index in [0.29, 0.717) is 30.6 Å². The van der Waals surface area contributed by atoms with Gasteiger partial charge in [-0.15, -0.1) is 0 Å². The Labute approximate surface area is 177 Å². The molecule has 0 amide bonds. The van der Waals surface area contributed by atoms with Crippen LogP contribution in [0.25, 0.3) is 10.9 Å². The minimum Gasteiger partial charge on any atom is -0.277 e. The number of rotatable bonds is 9. The van der Waals surface area contributed by atoms with Gasteiger partial charge in [-0.25, -0.2) is 21.6 Å². The largest absolute Gasteiger partial charge is 0.277 e.